The first-order valence-corrected chi connectivity index (χ1v) is 12.8. The number of likely N-dealkylation sites (tertiary alicyclic amines) is 1. The van der Waals surface area contributed by atoms with Crippen molar-refractivity contribution < 1.29 is 23.9 Å². The summed E-state index contributed by atoms with van der Waals surface area (Å²) in [6.45, 7) is 0.775. The summed E-state index contributed by atoms with van der Waals surface area (Å²) in [5.74, 6) is -1.61. The van der Waals surface area contributed by atoms with E-state index >= 15 is 0 Å². The zero-order valence-electron chi connectivity index (χ0n) is 21.1. The Bertz CT molecular complexity index is 1280. The van der Waals surface area contributed by atoms with Crippen LogP contribution in [0.25, 0.3) is 10.8 Å². The van der Waals surface area contributed by atoms with Gasteiger partial charge in [-0.25, -0.2) is 4.39 Å². The number of aliphatic hydroxyl groups excluding tert-OH is 1. The van der Waals surface area contributed by atoms with E-state index in [-0.39, 0.29) is 37.2 Å². The van der Waals surface area contributed by atoms with E-state index in [4.69, 9.17) is 5.73 Å². The van der Waals surface area contributed by atoms with Gasteiger partial charge in [-0.05, 0) is 53.4 Å². The van der Waals surface area contributed by atoms with E-state index < -0.39 is 23.9 Å². The number of benzene rings is 3. The van der Waals surface area contributed by atoms with Crippen LogP contribution in [0, 0.1) is 11.7 Å². The second-order valence-corrected chi connectivity index (χ2v) is 9.65. The minimum absolute atomic E-state index is 0.0106. The van der Waals surface area contributed by atoms with E-state index in [0.717, 1.165) is 16.3 Å². The summed E-state index contributed by atoms with van der Waals surface area (Å²) in [4.78, 5) is 40.6. The average molecular weight is 521 g/mol. The fourth-order valence-corrected chi connectivity index (χ4v) is 4.65. The maximum atomic E-state index is 13.2. The van der Waals surface area contributed by atoms with Crippen molar-refractivity contribution in [2.75, 3.05) is 26.2 Å². The lowest BCUT2D eigenvalue weighted by Crippen LogP contribution is -2.52. The largest absolute Gasteiger partial charge is 0.390 e. The van der Waals surface area contributed by atoms with Gasteiger partial charge < -0.3 is 26.4 Å². The zero-order valence-corrected chi connectivity index (χ0v) is 21.1. The molecule has 3 aromatic carbocycles. The molecule has 2 unspecified atom stereocenters. The molecule has 38 heavy (non-hydrogen) atoms. The van der Waals surface area contributed by atoms with Crippen LogP contribution in [0.4, 0.5) is 4.39 Å². The topological polar surface area (TPSA) is 125 Å². The first-order chi connectivity index (χ1) is 18.3. The van der Waals surface area contributed by atoms with Gasteiger partial charge in [0.2, 0.25) is 11.8 Å². The van der Waals surface area contributed by atoms with E-state index in [1.807, 2.05) is 42.5 Å². The molecule has 3 aromatic rings. The Morgan fingerprint density at radius 2 is 1.68 bits per heavy atom. The van der Waals surface area contributed by atoms with E-state index in [0.29, 0.717) is 31.5 Å². The van der Waals surface area contributed by atoms with Crippen LogP contribution in [0.5, 0.6) is 0 Å². The van der Waals surface area contributed by atoms with Gasteiger partial charge in [-0.15, -0.1) is 0 Å². The minimum atomic E-state index is -0.876. The predicted octanol–water partition coefficient (Wildman–Crippen LogP) is 1.99. The van der Waals surface area contributed by atoms with Crippen LogP contribution < -0.4 is 16.4 Å². The molecular formula is C29H33FN4O4. The number of fused-ring (bicyclic) bond motifs is 1. The van der Waals surface area contributed by atoms with Crippen molar-refractivity contribution in [1.82, 2.24) is 15.5 Å². The molecule has 1 fully saturated rings. The van der Waals surface area contributed by atoms with Crippen LogP contribution in [0.2, 0.25) is 0 Å². The molecule has 1 aliphatic rings. The summed E-state index contributed by atoms with van der Waals surface area (Å²) in [7, 11) is 0. The molecule has 5 N–H and O–H groups in total. The molecule has 0 saturated carbocycles. The maximum absolute atomic E-state index is 13.2. The van der Waals surface area contributed by atoms with Crippen LogP contribution in [-0.4, -0.2) is 66.1 Å². The Morgan fingerprint density at radius 3 is 2.37 bits per heavy atom. The first-order valence-electron chi connectivity index (χ1n) is 12.8. The lowest BCUT2D eigenvalue weighted by molar-refractivity contribution is -0.132. The number of carbonyl (C=O) groups is 3. The van der Waals surface area contributed by atoms with Gasteiger partial charge in [0, 0.05) is 44.1 Å². The molecule has 4 rings (SSSR count). The molecule has 1 saturated heterocycles. The number of rotatable bonds is 9. The number of carbonyl (C=O) groups excluding carboxylic acids is 3. The van der Waals surface area contributed by atoms with Crippen molar-refractivity contribution in [2.45, 2.75) is 31.4 Å². The SMILES string of the molecule is NCC(O)CNC(=O)C(Cc1ccc2ccccc2c1)NC(=O)C1CCN(C(=O)c2ccc(F)cc2)CC1. The number of nitrogens with two attached hydrogens (primary N) is 1. The number of nitrogens with zero attached hydrogens (tertiary/aromatic N) is 1. The Morgan fingerprint density at radius 1 is 1.00 bits per heavy atom. The second kappa shape index (κ2) is 12.6. The normalized spacial score (nSPS) is 15.6. The summed E-state index contributed by atoms with van der Waals surface area (Å²) >= 11 is 0. The van der Waals surface area contributed by atoms with Crippen molar-refractivity contribution in [3.8, 4) is 0 Å². The summed E-state index contributed by atoms with van der Waals surface area (Å²) in [5, 5.41) is 17.5. The third kappa shape index (κ3) is 6.93. The van der Waals surface area contributed by atoms with E-state index in [9.17, 15) is 23.9 Å². The van der Waals surface area contributed by atoms with Crippen molar-refractivity contribution in [1.29, 1.82) is 0 Å². The fraction of sp³-hybridized carbons (Fsp3) is 0.345. The molecular weight excluding hydrogens is 487 g/mol. The monoisotopic (exact) mass is 520 g/mol. The van der Waals surface area contributed by atoms with Gasteiger partial charge >= 0.3 is 0 Å². The molecule has 1 aliphatic heterocycles. The van der Waals surface area contributed by atoms with Crippen LogP contribution in [-0.2, 0) is 16.0 Å². The molecule has 1 heterocycles. The van der Waals surface area contributed by atoms with E-state index in [1.54, 1.807) is 4.90 Å². The molecule has 0 bridgehead atoms. The zero-order chi connectivity index (χ0) is 27.1. The quantitative estimate of drug-likeness (QED) is 0.344. The Labute approximate surface area is 221 Å². The maximum Gasteiger partial charge on any atom is 0.253 e. The van der Waals surface area contributed by atoms with Gasteiger partial charge in [-0.3, -0.25) is 14.4 Å². The molecule has 8 nitrogen and oxygen atoms in total. The number of amides is 3. The highest BCUT2D eigenvalue weighted by Crippen LogP contribution is 2.21. The van der Waals surface area contributed by atoms with Crippen molar-refractivity contribution in [3.63, 3.8) is 0 Å². The standard InChI is InChI=1S/C29H33FN4O4/c30-24-9-7-22(8-10-24)29(38)34-13-11-21(12-14-34)27(36)33-26(28(37)32-18-25(35)17-31)16-19-5-6-20-3-1-2-4-23(20)15-19/h1-10,15,21,25-26,35H,11-14,16-18,31H2,(H,32,37)(H,33,36). The van der Waals surface area contributed by atoms with Gasteiger partial charge in [0.05, 0.1) is 6.10 Å². The number of halogens is 1. The third-order valence-corrected chi connectivity index (χ3v) is 6.91. The van der Waals surface area contributed by atoms with E-state index in [2.05, 4.69) is 10.6 Å². The predicted molar refractivity (Wildman–Crippen MR) is 143 cm³/mol. The fourth-order valence-electron chi connectivity index (χ4n) is 4.65. The second-order valence-electron chi connectivity index (χ2n) is 9.65. The number of piperidine rings is 1. The van der Waals surface area contributed by atoms with Crippen LogP contribution >= 0.6 is 0 Å². The summed E-state index contributed by atoms with van der Waals surface area (Å²) in [6, 6.07) is 18.4. The van der Waals surface area contributed by atoms with Gasteiger partial charge in [0.15, 0.2) is 0 Å². The lowest BCUT2D eigenvalue weighted by atomic mass is 9.94. The van der Waals surface area contributed by atoms with Crippen molar-refractivity contribution >= 4 is 28.5 Å². The number of aliphatic hydroxyl groups is 1. The molecule has 3 amide bonds. The Kier molecular flexibility index (Phi) is 9.04. The van der Waals surface area contributed by atoms with Crippen molar-refractivity contribution in [2.24, 2.45) is 11.7 Å². The summed E-state index contributed by atoms with van der Waals surface area (Å²) < 4.78 is 13.2. The van der Waals surface area contributed by atoms with Gasteiger partial charge in [-0.1, -0.05) is 42.5 Å². The van der Waals surface area contributed by atoms with Gasteiger partial charge in [-0.2, -0.15) is 0 Å². The Hall–Kier alpha value is -3.82. The number of hydrogen-bond acceptors (Lipinski definition) is 5. The average Bonchev–Trinajstić information content (AvgIpc) is 2.95. The molecule has 9 heteroatoms. The Balaban J connectivity index is 1.40. The molecule has 0 aliphatic carbocycles. The molecule has 0 aromatic heterocycles. The number of hydrogen-bond donors (Lipinski definition) is 4. The molecule has 2 atom stereocenters. The van der Waals surface area contributed by atoms with Crippen LogP contribution in [0.3, 0.4) is 0 Å². The number of nitrogens with one attached hydrogen (secondary N) is 2. The molecule has 0 radical (unpaired) electrons. The third-order valence-electron chi connectivity index (χ3n) is 6.91. The first kappa shape index (κ1) is 27.2. The molecule has 200 valence electrons. The highest BCUT2D eigenvalue weighted by atomic mass is 19.1. The van der Waals surface area contributed by atoms with Crippen LogP contribution in [0.1, 0.15) is 28.8 Å². The minimum Gasteiger partial charge on any atom is -0.390 e. The van der Waals surface area contributed by atoms with Crippen LogP contribution in [0.15, 0.2) is 66.7 Å². The van der Waals surface area contributed by atoms with Gasteiger partial charge in [0.25, 0.3) is 5.91 Å². The van der Waals surface area contributed by atoms with Gasteiger partial charge in [0.1, 0.15) is 11.9 Å². The van der Waals surface area contributed by atoms with Crippen molar-refractivity contribution in [3.05, 3.63) is 83.7 Å². The van der Waals surface area contributed by atoms with E-state index in [1.165, 1.54) is 24.3 Å². The lowest BCUT2D eigenvalue weighted by Gasteiger charge is -2.32. The smallest absolute Gasteiger partial charge is 0.253 e. The summed E-state index contributed by atoms with van der Waals surface area (Å²) in [6.07, 6.45) is 0.311. The molecule has 0 spiro atoms. The highest BCUT2D eigenvalue weighted by molar-refractivity contribution is 5.94. The summed E-state index contributed by atoms with van der Waals surface area (Å²) in [5.41, 5.74) is 6.75. The highest BCUT2D eigenvalue weighted by Gasteiger charge is 2.30.